The van der Waals surface area contributed by atoms with Gasteiger partial charge in [0, 0.05) is 4.88 Å². The van der Waals surface area contributed by atoms with Crippen LogP contribution in [0.25, 0.3) is 0 Å². The largest absolute Gasteiger partial charge is 0.340 e. The summed E-state index contributed by atoms with van der Waals surface area (Å²) in [6.07, 6.45) is 1.27. The fourth-order valence-electron chi connectivity index (χ4n) is 2.36. The number of piperazine rings is 1. The Morgan fingerprint density at radius 3 is 2.67 bits per heavy atom. The lowest BCUT2D eigenvalue weighted by Gasteiger charge is -2.41. The van der Waals surface area contributed by atoms with Gasteiger partial charge in [-0.3, -0.25) is 9.59 Å². The molecule has 2 amide bonds. The molecule has 18 heavy (non-hydrogen) atoms. The van der Waals surface area contributed by atoms with Crippen molar-refractivity contribution in [1.82, 2.24) is 10.2 Å². The molecule has 1 N–H and O–H groups in total. The first kappa shape index (κ1) is 13.1. The molecule has 0 radical (unpaired) electrons. The lowest BCUT2D eigenvalue weighted by Crippen LogP contribution is -2.65. The van der Waals surface area contributed by atoms with Gasteiger partial charge in [0.15, 0.2) is 0 Å². The number of thiophene rings is 1. The Morgan fingerprint density at radius 1 is 1.39 bits per heavy atom. The van der Waals surface area contributed by atoms with Crippen molar-refractivity contribution < 1.29 is 9.59 Å². The van der Waals surface area contributed by atoms with Crippen LogP contribution < -0.4 is 5.32 Å². The molecule has 1 aromatic rings. The summed E-state index contributed by atoms with van der Waals surface area (Å²) in [6, 6.07) is 3.95. The van der Waals surface area contributed by atoms with Crippen LogP contribution in [0.3, 0.4) is 0 Å². The van der Waals surface area contributed by atoms with Crippen LogP contribution in [-0.2, 0) is 16.1 Å². The minimum absolute atomic E-state index is 0.0421. The summed E-state index contributed by atoms with van der Waals surface area (Å²) in [5, 5.41) is 4.84. The van der Waals surface area contributed by atoms with Crippen molar-refractivity contribution in [3.05, 3.63) is 22.4 Å². The molecule has 1 saturated heterocycles. The number of rotatable bonds is 4. The Bertz CT molecular complexity index is 438. The second-order valence-electron chi connectivity index (χ2n) is 4.58. The van der Waals surface area contributed by atoms with Gasteiger partial charge in [0.1, 0.15) is 12.1 Å². The summed E-state index contributed by atoms with van der Waals surface area (Å²) in [4.78, 5) is 27.1. The zero-order valence-corrected chi connectivity index (χ0v) is 11.5. The van der Waals surface area contributed by atoms with E-state index in [9.17, 15) is 9.59 Å². The molecule has 1 aromatic heterocycles. The third-order valence-electron chi connectivity index (χ3n) is 3.54. The van der Waals surface area contributed by atoms with Gasteiger partial charge in [0.2, 0.25) is 11.8 Å². The third-order valence-corrected chi connectivity index (χ3v) is 4.40. The van der Waals surface area contributed by atoms with E-state index in [2.05, 4.69) is 5.32 Å². The Morgan fingerprint density at radius 2 is 2.11 bits per heavy atom. The molecular weight excluding hydrogens is 248 g/mol. The van der Waals surface area contributed by atoms with E-state index in [1.54, 1.807) is 16.2 Å². The molecule has 5 heteroatoms. The highest BCUT2D eigenvalue weighted by Crippen LogP contribution is 2.24. The third kappa shape index (κ3) is 2.27. The summed E-state index contributed by atoms with van der Waals surface area (Å²) in [5.41, 5.74) is -0.702. The Balaban J connectivity index is 2.20. The zero-order valence-electron chi connectivity index (χ0n) is 10.7. The zero-order chi connectivity index (χ0) is 13.2. The van der Waals surface area contributed by atoms with Crippen LogP contribution in [0.1, 0.15) is 31.6 Å². The molecule has 1 aliphatic rings. The molecule has 4 nitrogen and oxygen atoms in total. The number of carbonyl (C=O) groups excluding carboxylic acids is 2. The molecule has 2 rings (SSSR count). The minimum Gasteiger partial charge on any atom is -0.340 e. The molecule has 0 atom stereocenters. The fraction of sp³-hybridized carbons (Fsp3) is 0.538. The highest BCUT2D eigenvalue weighted by molar-refractivity contribution is 7.09. The highest BCUT2D eigenvalue weighted by Gasteiger charge is 2.43. The molecule has 0 bridgehead atoms. The van der Waals surface area contributed by atoms with Crippen molar-refractivity contribution in [3.63, 3.8) is 0 Å². The predicted octanol–water partition coefficient (Wildman–Crippen LogP) is 1.77. The van der Waals surface area contributed by atoms with Crippen molar-refractivity contribution in [2.45, 2.75) is 38.8 Å². The molecule has 98 valence electrons. The fourth-order valence-corrected chi connectivity index (χ4v) is 3.07. The lowest BCUT2D eigenvalue weighted by atomic mass is 9.89. The molecule has 0 saturated carbocycles. The first-order chi connectivity index (χ1) is 8.61. The molecule has 2 heterocycles. The van der Waals surface area contributed by atoms with E-state index in [1.165, 1.54) is 0 Å². The maximum absolute atomic E-state index is 12.5. The van der Waals surface area contributed by atoms with Gasteiger partial charge in [-0.15, -0.1) is 11.3 Å². The first-order valence-electron chi connectivity index (χ1n) is 6.24. The predicted molar refractivity (Wildman–Crippen MR) is 71.2 cm³/mol. The number of hydrogen-bond donors (Lipinski definition) is 1. The van der Waals surface area contributed by atoms with Crippen LogP contribution in [0.2, 0.25) is 0 Å². The Kier molecular flexibility index (Phi) is 3.71. The maximum Gasteiger partial charge on any atom is 0.249 e. The quantitative estimate of drug-likeness (QED) is 0.903. The second kappa shape index (κ2) is 5.10. The SMILES string of the molecule is CCC1(CC)NC(=O)CN(Cc2cccs2)C1=O. The van der Waals surface area contributed by atoms with Gasteiger partial charge in [0.25, 0.3) is 0 Å². The van der Waals surface area contributed by atoms with Gasteiger partial charge in [-0.2, -0.15) is 0 Å². The Labute approximate surface area is 111 Å². The van der Waals surface area contributed by atoms with E-state index in [-0.39, 0.29) is 18.4 Å². The molecular formula is C13H18N2O2S. The van der Waals surface area contributed by atoms with Gasteiger partial charge in [-0.25, -0.2) is 0 Å². The highest BCUT2D eigenvalue weighted by atomic mass is 32.1. The minimum atomic E-state index is -0.702. The van der Waals surface area contributed by atoms with E-state index in [4.69, 9.17) is 0 Å². The van der Waals surface area contributed by atoms with Crippen molar-refractivity contribution in [3.8, 4) is 0 Å². The molecule has 1 fully saturated rings. The molecule has 0 aromatic carbocycles. The standard InChI is InChI=1S/C13H18N2O2S/c1-3-13(4-2)12(17)15(9-11(16)14-13)8-10-6-5-7-18-10/h5-7H,3-4,8-9H2,1-2H3,(H,14,16). The summed E-state index contributed by atoms with van der Waals surface area (Å²) in [6.45, 7) is 4.58. The first-order valence-corrected chi connectivity index (χ1v) is 7.12. The van der Waals surface area contributed by atoms with Crippen LogP contribution in [0.15, 0.2) is 17.5 Å². The number of hydrogen-bond acceptors (Lipinski definition) is 3. The molecule has 0 unspecified atom stereocenters. The number of nitrogens with zero attached hydrogens (tertiary/aromatic N) is 1. The van der Waals surface area contributed by atoms with Crippen molar-refractivity contribution >= 4 is 23.2 Å². The number of nitrogens with one attached hydrogen (secondary N) is 1. The van der Waals surface area contributed by atoms with Gasteiger partial charge in [-0.1, -0.05) is 19.9 Å². The average Bonchev–Trinajstić information content (AvgIpc) is 2.86. The summed E-state index contributed by atoms with van der Waals surface area (Å²) in [7, 11) is 0. The van der Waals surface area contributed by atoms with Gasteiger partial charge >= 0.3 is 0 Å². The van der Waals surface area contributed by atoms with E-state index < -0.39 is 5.54 Å². The molecule has 1 aliphatic heterocycles. The smallest absolute Gasteiger partial charge is 0.249 e. The van der Waals surface area contributed by atoms with Gasteiger partial charge in [0.05, 0.1) is 6.54 Å². The van der Waals surface area contributed by atoms with Gasteiger partial charge < -0.3 is 10.2 Å². The van der Waals surface area contributed by atoms with E-state index in [1.807, 2.05) is 31.4 Å². The number of amides is 2. The lowest BCUT2D eigenvalue weighted by molar-refractivity contribution is -0.150. The van der Waals surface area contributed by atoms with Crippen LogP contribution in [0, 0.1) is 0 Å². The van der Waals surface area contributed by atoms with E-state index in [0.29, 0.717) is 19.4 Å². The molecule has 0 aliphatic carbocycles. The van der Waals surface area contributed by atoms with Crippen molar-refractivity contribution in [2.24, 2.45) is 0 Å². The summed E-state index contributed by atoms with van der Waals surface area (Å²) in [5.74, 6) is -0.0182. The summed E-state index contributed by atoms with van der Waals surface area (Å²) < 4.78 is 0. The van der Waals surface area contributed by atoms with Crippen molar-refractivity contribution in [2.75, 3.05) is 6.54 Å². The van der Waals surface area contributed by atoms with E-state index in [0.717, 1.165) is 4.88 Å². The monoisotopic (exact) mass is 266 g/mol. The van der Waals surface area contributed by atoms with E-state index >= 15 is 0 Å². The molecule has 0 spiro atoms. The topological polar surface area (TPSA) is 49.4 Å². The van der Waals surface area contributed by atoms with Crippen LogP contribution >= 0.6 is 11.3 Å². The number of carbonyl (C=O) groups is 2. The van der Waals surface area contributed by atoms with Gasteiger partial charge in [-0.05, 0) is 24.3 Å². The normalized spacial score (nSPS) is 18.9. The Hall–Kier alpha value is -1.36. The van der Waals surface area contributed by atoms with Crippen LogP contribution in [0.4, 0.5) is 0 Å². The van der Waals surface area contributed by atoms with Crippen LogP contribution in [0.5, 0.6) is 0 Å². The average molecular weight is 266 g/mol. The van der Waals surface area contributed by atoms with Crippen molar-refractivity contribution in [1.29, 1.82) is 0 Å². The maximum atomic E-state index is 12.5. The second-order valence-corrected chi connectivity index (χ2v) is 5.61. The summed E-state index contributed by atoms with van der Waals surface area (Å²) >= 11 is 1.61. The van der Waals surface area contributed by atoms with Crippen LogP contribution in [-0.4, -0.2) is 28.8 Å².